The molecular formula is C15H16F3NO. The van der Waals surface area contributed by atoms with E-state index in [1.807, 2.05) is 0 Å². The molecule has 2 nitrogen and oxygen atoms in total. The maximum Gasteiger partial charge on any atom is 0.172 e. The first-order valence-electron chi connectivity index (χ1n) is 7.00. The van der Waals surface area contributed by atoms with Crippen molar-refractivity contribution in [2.75, 3.05) is 0 Å². The molecule has 3 rings (SSSR count). The van der Waals surface area contributed by atoms with Crippen LogP contribution in [-0.2, 0) is 0 Å². The standard InChI is InChI=1S/C15H16F3NO/c16-11-4-5-12(17)14(18)13(11)15(20)8-6-9-2-1-3-10(7-8)19-9/h4-5,8-10,19H,1-3,6-7H2. The topological polar surface area (TPSA) is 29.1 Å². The molecule has 0 spiro atoms. The number of benzene rings is 1. The number of carbonyl (C=O) groups excluding carboxylic acids is 1. The first kappa shape index (κ1) is 13.6. The molecule has 2 aliphatic heterocycles. The van der Waals surface area contributed by atoms with Crippen LogP contribution in [0.15, 0.2) is 12.1 Å². The molecule has 2 heterocycles. The van der Waals surface area contributed by atoms with Crippen molar-refractivity contribution in [3.63, 3.8) is 0 Å². The summed E-state index contributed by atoms with van der Waals surface area (Å²) in [6.45, 7) is 0. The van der Waals surface area contributed by atoms with Gasteiger partial charge in [0.2, 0.25) is 0 Å². The van der Waals surface area contributed by atoms with E-state index in [4.69, 9.17) is 0 Å². The number of hydrogen-bond acceptors (Lipinski definition) is 2. The van der Waals surface area contributed by atoms with Gasteiger partial charge in [0.05, 0.1) is 5.56 Å². The van der Waals surface area contributed by atoms with Crippen LogP contribution in [0.2, 0.25) is 0 Å². The number of halogens is 3. The van der Waals surface area contributed by atoms with Gasteiger partial charge in [0.1, 0.15) is 5.82 Å². The van der Waals surface area contributed by atoms with E-state index in [2.05, 4.69) is 5.32 Å². The zero-order valence-electron chi connectivity index (χ0n) is 11.0. The van der Waals surface area contributed by atoms with Crippen LogP contribution in [0.1, 0.15) is 42.5 Å². The number of ketones is 1. The summed E-state index contributed by atoms with van der Waals surface area (Å²) in [6, 6.07) is 1.99. The second-order valence-corrected chi connectivity index (χ2v) is 5.74. The molecule has 2 saturated heterocycles. The molecule has 2 atom stereocenters. The van der Waals surface area contributed by atoms with Gasteiger partial charge in [0.15, 0.2) is 17.4 Å². The molecule has 1 N–H and O–H groups in total. The Morgan fingerprint density at radius 2 is 1.65 bits per heavy atom. The normalized spacial score (nSPS) is 29.2. The average Bonchev–Trinajstić information content (AvgIpc) is 2.43. The summed E-state index contributed by atoms with van der Waals surface area (Å²) >= 11 is 0. The first-order chi connectivity index (χ1) is 9.56. The fourth-order valence-corrected chi connectivity index (χ4v) is 3.44. The van der Waals surface area contributed by atoms with Crippen molar-refractivity contribution in [1.29, 1.82) is 0 Å². The van der Waals surface area contributed by atoms with Crippen molar-refractivity contribution in [1.82, 2.24) is 5.32 Å². The highest BCUT2D eigenvalue weighted by molar-refractivity contribution is 5.98. The average molecular weight is 283 g/mol. The SMILES string of the molecule is O=C(c1c(F)ccc(F)c1F)C1CC2CCCC(C1)N2. The number of rotatable bonds is 2. The molecule has 2 unspecified atom stereocenters. The fraction of sp³-hybridized carbons (Fsp3) is 0.533. The van der Waals surface area contributed by atoms with E-state index in [1.54, 1.807) is 0 Å². The van der Waals surface area contributed by atoms with E-state index in [1.165, 1.54) is 0 Å². The van der Waals surface area contributed by atoms with Crippen LogP contribution in [0.4, 0.5) is 13.2 Å². The summed E-state index contributed by atoms with van der Waals surface area (Å²) in [5.41, 5.74) is -0.713. The Morgan fingerprint density at radius 3 is 2.30 bits per heavy atom. The second kappa shape index (κ2) is 5.20. The summed E-state index contributed by atoms with van der Waals surface area (Å²) < 4.78 is 40.6. The maximum atomic E-state index is 13.7. The monoisotopic (exact) mass is 283 g/mol. The van der Waals surface area contributed by atoms with Crippen LogP contribution in [0.25, 0.3) is 0 Å². The lowest BCUT2D eigenvalue weighted by molar-refractivity contribution is 0.0815. The maximum absolute atomic E-state index is 13.7. The third-order valence-electron chi connectivity index (χ3n) is 4.38. The minimum absolute atomic E-state index is 0.233. The fourth-order valence-electron chi connectivity index (χ4n) is 3.44. The largest absolute Gasteiger partial charge is 0.311 e. The van der Waals surface area contributed by atoms with Crippen LogP contribution in [0.5, 0.6) is 0 Å². The molecule has 0 saturated carbocycles. The smallest absolute Gasteiger partial charge is 0.172 e. The Morgan fingerprint density at radius 1 is 1.05 bits per heavy atom. The molecule has 2 bridgehead atoms. The van der Waals surface area contributed by atoms with Gasteiger partial charge in [-0.3, -0.25) is 4.79 Å². The number of Topliss-reactive ketones (excluding diaryl/α,β-unsaturated/α-hetero) is 1. The van der Waals surface area contributed by atoms with Gasteiger partial charge in [-0.2, -0.15) is 0 Å². The van der Waals surface area contributed by atoms with Crippen molar-refractivity contribution >= 4 is 5.78 Å². The van der Waals surface area contributed by atoms with Crippen LogP contribution in [0, 0.1) is 23.4 Å². The molecule has 108 valence electrons. The number of nitrogens with one attached hydrogen (secondary N) is 1. The molecule has 2 fully saturated rings. The summed E-state index contributed by atoms with van der Waals surface area (Å²) in [5.74, 6) is -4.53. The van der Waals surface area contributed by atoms with Crippen molar-refractivity contribution in [2.24, 2.45) is 5.92 Å². The quantitative estimate of drug-likeness (QED) is 0.667. The van der Waals surface area contributed by atoms with Crippen molar-refractivity contribution in [3.8, 4) is 0 Å². The highest BCUT2D eigenvalue weighted by Crippen LogP contribution is 2.33. The van der Waals surface area contributed by atoms with Crippen LogP contribution in [-0.4, -0.2) is 17.9 Å². The molecule has 1 aromatic carbocycles. The number of carbonyl (C=O) groups is 1. The molecule has 1 aromatic rings. The van der Waals surface area contributed by atoms with Crippen molar-refractivity contribution < 1.29 is 18.0 Å². The Balaban J connectivity index is 1.88. The van der Waals surface area contributed by atoms with Gasteiger partial charge in [-0.1, -0.05) is 6.42 Å². The van der Waals surface area contributed by atoms with Crippen molar-refractivity contribution in [2.45, 2.75) is 44.2 Å². The number of piperidine rings is 2. The van der Waals surface area contributed by atoms with Gasteiger partial charge in [0, 0.05) is 18.0 Å². The predicted molar refractivity (Wildman–Crippen MR) is 67.9 cm³/mol. The van der Waals surface area contributed by atoms with E-state index in [0.29, 0.717) is 18.9 Å². The Bertz CT molecular complexity index is 534. The Hall–Kier alpha value is -1.36. The van der Waals surface area contributed by atoms with Gasteiger partial charge in [-0.05, 0) is 37.8 Å². The summed E-state index contributed by atoms with van der Waals surface area (Å²) in [6.07, 6.45) is 4.23. The molecular weight excluding hydrogens is 267 g/mol. The second-order valence-electron chi connectivity index (χ2n) is 5.74. The van der Waals surface area contributed by atoms with Crippen LogP contribution < -0.4 is 5.32 Å². The van der Waals surface area contributed by atoms with Gasteiger partial charge in [-0.25, -0.2) is 13.2 Å². The third-order valence-corrected chi connectivity index (χ3v) is 4.38. The third kappa shape index (κ3) is 2.35. The summed E-state index contributed by atoms with van der Waals surface area (Å²) in [5, 5.41) is 3.42. The molecule has 0 radical (unpaired) electrons. The molecule has 20 heavy (non-hydrogen) atoms. The lowest BCUT2D eigenvalue weighted by Gasteiger charge is -2.39. The lowest BCUT2D eigenvalue weighted by Crippen LogP contribution is -2.50. The Labute approximate surface area is 115 Å². The zero-order chi connectivity index (χ0) is 14.3. The minimum Gasteiger partial charge on any atom is -0.311 e. The molecule has 0 amide bonds. The van der Waals surface area contributed by atoms with Gasteiger partial charge in [0.25, 0.3) is 0 Å². The van der Waals surface area contributed by atoms with E-state index in [-0.39, 0.29) is 12.1 Å². The lowest BCUT2D eigenvalue weighted by atomic mass is 9.77. The van der Waals surface area contributed by atoms with Gasteiger partial charge >= 0.3 is 0 Å². The molecule has 2 aliphatic rings. The van der Waals surface area contributed by atoms with E-state index in [0.717, 1.165) is 25.3 Å². The van der Waals surface area contributed by atoms with E-state index < -0.39 is 34.7 Å². The Kier molecular flexibility index (Phi) is 3.54. The molecule has 5 heteroatoms. The van der Waals surface area contributed by atoms with E-state index in [9.17, 15) is 18.0 Å². The predicted octanol–water partition coefficient (Wildman–Crippen LogP) is 3.21. The minimum atomic E-state index is -1.36. The van der Waals surface area contributed by atoms with Crippen LogP contribution in [0.3, 0.4) is 0 Å². The molecule has 0 aromatic heterocycles. The first-order valence-corrected chi connectivity index (χ1v) is 7.00. The zero-order valence-corrected chi connectivity index (χ0v) is 11.0. The van der Waals surface area contributed by atoms with Gasteiger partial charge < -0.3 is 5.32 Å². The van der Waals surface area contributed by atoms with Gasteiger partial charge in [-0.15, -0.1) is 0 Å². The highest BCUT2D eigenvalue weighted by atomic mass is 19.2. The van der Waals surface area contributed by atoms with Crippen LogP contribution >= 0.6 is 0 Å². The summed E-state index contributed by atoms with van der Waals surface area (Å²) in [7, 11) is 0. The molecule has 0 aliphatic carbocycles. The van der Waals surface area contributed by atoms with E-state index >= 15 is 0 Å². The van der Waals surface area contributed by atoms with Crippen molar-refractivity contribution in [3.05, 3.63) is 35.1 Å². The number of hydrogen-bond donors (Lipinski definition) is 1. The number of fused-ring (bicyclic) bond motifs is 2. The summed E-state index contributed by atoms with van der Waals surface area (Å²) in [4.78, 5) is 12.4. The highest BCUT2D eigenvalue weighted by Gasteiger charge is 2.37.